The quantitative estimate of drug-likeness (QED) is 0.655. The molecule has 4 amide bonds. The summed E-state index contributed by atoms with van der Waals surface area (Å²) < 4.78 is 0.977. The molecule has 1 saturated carbocycles. The van der Waals surface area contributed by atoms with E-state index < -0.39 is 0 Å². The van der Waals surface area contributed by atoms with Gasteiger partial charge in [0.1, 0.15) is 0 Å². The van der Waals surface area contributed by atoms with Crippen molar-refractivity contribution in [3.05, 3.63) is 63.6 Å². The number of nitrogens with one attached hydrogen (secondary N) is 2. The van der Waals surface area contributed by atoms with Crippen molar-refractivity contribution in [1.82, 2.24) is 10.2 Å². The van der Waals surface area contributed by atoms with Gasteiger partial charge in [-0.25, -0.2) is 4.79 Å². The third kappa shape index (κ3) is 4.19. The molecule has 0 bridgehead atoms. The smallest absolute Gasteiger partial charge is 0.319 e. The lowest BCUT2D eigenvalue weighted by molar-refractivity contribution is 0.0549. The number of hydrogen-bond donors (Lipinski definition) is 2. The van der Waals surface area contributed by atoms with Gasteiger partial charge in [0.25, 0.3) is 11.8 Å². The van der Waals surface area contributed by atoms with Crippen molar-refractivity contribution in [2.75, 3.05) is 5.32 Å². The molecule has 1 aliphatic heterocycles. The van der Waals surface area contributed by atoms with Gasteiger partial charge in [0.05, 0.1) is 11.1 Å². The van der Waals surface area contributed by atoms with Crippen molar-refractivity contribution in [3.8, 4) is 0 Å². The Balaban J connectivity index is 1.41. The predicted octanol–water partition coefficient (Wildman–Crippen LogP) is 4.70. The molecule has 6 nitrogen and oxygen atoms in total. The van der Waals surface area contributed by atoms with Crippen LogP contribution < -0.4 is 10.6 Å². The summed E-state index contributed by atoms with van der Waals surface area (Å²) >= 11 is 3.38. The van der Waals surface area contributed by atoms with E-state index in [-0.39, 0.29) is 23.9 Å². The predicted molar refractivity (Wildman–Crippen MR) is 114 cm³/mol. The molecule has 2 N–H and O–H groups in total. The van der Waals surface area contributed by atoms with Crippen LogP contribution in [0.5, 0.6) is 0 Å². The fraction of sp³-hybridized carbons (Fsp3) is 0.318. The fourth-order valence-corrected chi connectivity index (χ4v) is 4.23. The number of urea groups is 1. The maximum Gasteiger partial charge on any atom is 0.319 e. The molecule has 0 radical (unpaired) electrons. The molecular formula is C22H22BrN3O3. The van der Waals surface area contributed by atoms with Crippen LogP contribution in [0, 0.1) is 0 Å². The lowest BCUT2D eigenvalue weighted by Crippen LogP contribution is -2.40. The number of fused-ring (bicyclic) bond motifs is 1. The third-order valence-electron chi connectivity index (χ3n) is 5.48. The van der Waals surface area contributed by atoms with E-state index in [0.717, 1.165) is 42.1 Å². The molecule has 1 fully saturated rings. The monoisotopic (exact) mass is 455 g/mol. The first-order chi connectivity index (χ1) is 14.0. The van der Waals surface area contributed by atoms with E-state index >= 15 is 0 Å². The number of benzene rings is 2. The molecule has 29 heavy (non-hydrogen) atoms. The van der Waals surface area contributed by atoms with Crippen LogP contribution in [0.4, 0.5) is 10.5 Å². The van der Waals surface area contributed by atoms with E-state index in [9.17, 15) is 14.4 Å². The topological polar surface area (TPSA) is 78.5 Å². The Morgan fingerprint density at radius 3 is 2.38 bits per heavy atom. The van der Waals surface area contributed by atoms with E-state index in [0.29, 0.717) is 23.4 Å². The number of carbonyl (C=O) groups excluding carboxylic acids is 3. The number of nitrogens with zero attached hydrogens (tertiary/aromatic N) is 1. The summed E-state index contributed by atoms with van der Waals surface area (Å²) in [6, 6.07) is 12.2. The Labute approximate surface area is 177 Å². The molecule has 2 aliphatic rings. The molecule has 1 aliphatic carbocycles. The van der Waals surface area contributed by atoms with Gasteiger partial charge in [0.15, 0.2) is 0 Å². The second-order valence-electron chi connectivity index (χ2n) is 7.47. The Kier molecular flexibility index (Phi) is 5.67. The van der Waals surface area contributed by atoms with Crippen LogP contribution in [0.2, 0.25) is 0 Å². The summed E-state index contributed by atoms with van der Waals surface area (Å²) in [7, 11) is 0. The van der Waals surface area contributed by atoms with E-state index in [4.69, 9.17) is 0 Å². The summed E-state index contributed by atoms with van der Waals surface area (Å²) in [5, 5.41) is 5.53. The van der Waals surface area contributed by atoms with Crippen molar-refractivity contribution >= 4 is 39.5 Å². The molecule has 1 heterocycles. The highest BCUT2D eigenvalue weighted by molar-refractivity contribution is 9.10. The van der Waals surface area contributed by atoms with Crippen LogP contribution in [0.3, 0.4) is 0 Å². The Morgan fingerprint density at radius 2 is 1.66 bits per heavy atom. The van der Waals surface area contributed by atoms with E-state index in [1.807, 2.05) is 24.3 Å². The lowest BCUT2D eigenvalue weighted by Gasteiger charge is -2.29. The average molecular weight is 456 g/mol. The number of hydrogen-bond acceptors (Lipinski definition) is 3. The lowest BCUT2D eigenvalue weighted by atomic mass is 9.94. The van der Waals surface area contributed by atoms with Gasteiger partial charge >= 0.3 is 6.03 Å². The summed E-state index contributed by atoms with van der Waals surface area (Å²) in [5.41, 5.74) is 2.25. The maximum atomic E-state index is 12.9. The summed E-state index contributed by atoms with van der Waals surface area (Å²) in [5.74, 6) is -0.473. The molecule has 0 atom stereocenters. The standard InChI is InChI=1S/C22H22BrN3O3/c23-15-8-6-14(7-9-15)13-24-22(29)25-16-10-11-18-19(12-16)21(28)26(20(18)27)17-4-2-1-3-5-17/h6-12,17H,1-5,13H2,(H2,24,25,29). The van der Waals surface area contributed by atoms with Crippen LogP contribution in [-0.4, -0.2) is 28.8 Å². The number of anilines is 1. The normalized spacial score (nSPS) is 16.7. The van der Waals surface area contributed by atoms with Crippen molar-refractivity contribution in [2.24, 2.45) is 0 Å². The zero-order valence-electron chi connectivity index (χ0n) is 15.9. The van der Waals surface area contributed by atoms with E-state index in [1.165, 1.54) is 4.90 Å². The highest BCUT2D eigenvalue weighted by atomic mass is 79.9. The van der Waals surface area contributed by atoms with Gasteiger partial charge < -0.3 is 10.6 Å². The van der Waals surface area contributed by atoms with Crippen LogP contribution in [0.1, 0.15) is 58.4 Å². The van der Waals surface area contributed by atoms with Crippen LogP contribution in [-0.2, 0) is 6.54 Å². The molecule has 0 spiro atoms. The van der Waals surface area contributed by atoms with Crippen LogP contribution in [0.15, 0.2) is 46.9 Å². The zero-order valence-corrected chi connectivity index (χ0v) is 17.5. The molecule has 2 aromatic carbocycles. The number of carbonyl (C=O) groups is 3. The minimum atomic E-state index is -0.367. The van der Waals surface area contributed by atoms with E-state index in [2.05, 4.69) is 26.6 Å². The molecule has 7 heteroatoms. The molecule has 0 saturated heterocycles. The minimum Gasteiger partial charge on any atom is -0.334 e. The summed E-state index contributed by atoms with van der Waals surface area (Å²) in [6.07, 6.45) is 4.99. The fourth-order valence-electron chi connectivity index (χ4n) is 3.97. The minimum absolute atomic E-state index is 0.0123. The second-order valence-corrected chi connectivity index (χ2v) is 8.38. The van der Waals surface area contributed by atoms with Gasteiger partial charge in [0.2, 0.25) is 0 Å². The zero-order chi connectivity index (χ0) is 20.4. The van der Waals surface area contributed by atoms with E-state index in [1.54, 1.807) is 18.2 Å². The van der Waals surface area contributed by atoms with Gasteiger partial charge in [-0.15, -0.1) is 0 Å². The van der Waals surface area contributed by atoms with Gasteiger partial charge in [-0.2, -0.15) is 0 Å². The molecular weight excluding hydrogens is 434 g/mol. The SMILES string of the molecule is O=C(NCc1ccc(Br)cc1)Nc1ccc2c(c1)C(=O)N(C1CCCCC1)C2=O. The molecule has 0 unspecified atom stereocenters. The van der Waals surface area contributed by atoms with Gasteiger partial charge in [-0.3, -0.25) is 14.5 Å². The molecule has 150 valence electrons. The highest BCUT2D eigenvalue weighted by Crippen LogP contribution is 2.32. The number of amides is 4. The van der Waals surface area contributed by atoms with Crippen LogP contribution in [0.25, 0.3) is 0 Å². The maximum absolute atomic E-state index is 12.9. The number of halogens is 1. The average Bonchev–Trinajstić information content (AvgIpc) is 2.98. The van der Waals surface area contributed by atoms with Crippen molar-refractivity contribution in [2.45, 2.75) is 44.7 Å². The Morgan fingerprint density at radius 1 is 0.966 bits per heavy atom. The largest absolute Gasteiger partial charge is 0.334 e. The van der Waals surface area contributed by atoms with Crippen molar-refractivity contribution in [1.29, 1.82) is 0 Å². The first-order valence-electron chi connectivity index (χ1n) is 9.84. The van der Waals surface area contributed by atoms with Gasteiger partial charge in [0, 0.05) is 22.7 Å². The summed E-state index contributed by atoms with van der Waals surface area (Å²) in [6.45, 7) is 0.386. The van der Waals surface area contributed by atoms with Gasteiger partial charge in [-0.1, -0.05) is 47.3 Å². The Hall–Kier alpha value is -2.67. The summed E-state index contributed by atoms with van der Waals surface area (Å²) in [4.78, 5) is 39.2. The van der Waals surface area contributed by atoms with Crippen molar-refractivity contribution < 1.29 is 14.4 Å². The van der Waals surface area contributed by atoms with Crippen molar-refractivity contribution in [3.63, 3.8) is 0 Å². The van der Waals surface area contributed by atoms with Gasteiger partial charge in [-0.05, 0) is 48.7 Å². The molecule has 2 aromatic rings. The first kappa shape index (κ1) is 19.6. The Bertz CT molecular complexity index is 952. The highest BCUT2D eigenvalue weighted by Gasteiger charge is 2.40. The third-order valence-corrected chi connectivity index (χ3v) is 6.01. The molecule has 0 aromatic heterocycles. The first-order valence-corrected chi connectivity index (χ1v) is 10.6. The number of imide groups is 1. The molecule has 4 rings (SSSR count). The second kappa shape index (κ2) is 8.37. The number of rotatable bonds is 4. The van der Waals surface area contributed by atoms with Crippen LogP contribution >= 0.6 is 15.9 Å².